The molecular weight excluding hydrogens is 485 g/mol. The molecule has 2 aromatic rings. The first-order valence-electron chi connectivity index (χ1n) is 10.5. The van der Waals surface area contributed by atoms with Crippen LogP contribution in [0.4, 0.5) is 26.4 Å². The standard InChI is InChI=1S/C21H22FN5O5S2/c1-13(33)23-11-15-12-26(21(28)31-15)14-2-3-17(16(22)10-14)24-6-8-25(9-7-24)20(34)18-4-5-19(32-18)27(29)30/h2-5,10,15H,6-9,11-12H2,1H3,(H,23,33)/t15-/m0/s1. The second kappa shape index (κ2) is 9.89. The molecule has 1 atom stereocenters. The van der Waals surface area contributed by atoms with Gasteiger partial charge in [0.05, 0.1) is 35.5 Å². The third-order valence-corrected chi connectivity index (χ3v) is 6.19. The third kappa shape index (κ3) is 5.09. The Labute approximate surface area is 205 Å². The molecule has 2 fully saturated rings. The molecule has 2 aliphatic rings. The lowest BCUT2D eigenvalue weighted by Gasteiger charge is -2.37. The van der Waals surface area contributed by atoms with Crippen LogP contribution in [0.25, 0.3) is 0 Å². The van der Waals surface area contributed by atoms with E-state index >= 15 is 0 Å². The predicted octanol–water partition coefficient (Wildman–Crippen LogP) is 3.09. The van der Waals surface area contributed by atoms with Gasteiger partial charge in [0.15, 0.2) is 5.76 Å². The average molecular weight is 508 g/mol. The second-order valence-electron chi connectivity index (χ2n) is 7.86. The number of hydrogen-bond donors (Lipinski definition) is 1. The smallest absolute Gasteiger partial charge is 0.433 e. The number of carbonyl (C=O) groups is 1. The molecule has 1 aromatic heterocycles. The molecule has 180 valence electrons. The van der Waals surface area contributed by atoms with Gasteiger partial charge in [-0.15, -0.1) is 0 Å². The Hall–Kier alpha value is -3.32. The fourth-order valence-corrected chi connectivity index (χ4v) is 4.24. The summed E-state index contributed by atoms with van der Waals surface area (Å²) in [6.45, 7) is 4.44. The van der Waals surface area contributed by atoms with Crippen LogP contribution in [-0.4, -0.2) is 71.3 Å². The first-order chi connectivity index (χ1) is 16.2. The number of carbonyl (C=O) groups excluding carboxylic acids is 1. The summed E-state index contributed by atoms with van der Waals surface area (Å²) in [6.07, 6.45) is -0.901. The number of nitro groups is 1. The first-order valence-corrected chi connectivity index (χ1v) is 11.3. The van der Waals surface area contributed by atoms with E-state index in [1.165, 1.54) is 23.1 Å². The normalized spacial score (nSPS) is 18.1. The Balaban J connectivity index is 1.36. The van der Waals surface area contributed by atoms with Crippen LogP contribution in [0.1, 0.15) is 12.7 Å². The number of anilines is 2. The largest absolute Gasteiger partial charge is 0.442 e. The number of thiocarbonyl (C=S) groups is 2. The molecule has 2 aliphatic heterocycles. The number of halogens is 1. The van der Waals surface area contributed by atoms with Gasteiger partial charge in [-0.3, -0.25) is 15.0 Å². The van der Waals surface area contributed by atoms with Crippen LogP contribution in [0.3, 0.4) is 0 Å². The number of ether oxygens (including phenoxy) is 1. The lowest BCUT2D eigenvalue weighted by Crippen LogP contribution is -2.48. The number of piperazine rings is 1. The number of amides is 1. The zero-order chi connectivity index (χ0) is 24.4. The highest BCUT2D eigenvalue weighted by Gasteiger charge is 2.33. The van der Waals surface area contributed by atoms with E-state index in [0.717, 1.165) is 0 Å². The van der Waals surface area contributed by atoms with Crippen LogP contribution in [0.2, 0.25) is 0 Å². The maximum absolute atomic E-state index is 15.0. The van der Waals surface area contributed by atoms with Crippen LogP contribution in [0.5, 0.6) is 0 Å². The minimum absolute atomic E-state index is 0.262. The summed E-state index contributed by atoms with van der Waals surface area (Å²) in [5, 5.41) is 13.8. The Morgan fingerprint density at radius 1 is 1.24 bits per heavy atom. The molecule has 0 radical (unpaired) electrons. The van der Waals surface area contributed by atoms with E-state index in [-0.39, 0.29) is 17.7 Å². The van der Waals surface area contributed by atoms with Crippen LogP contribution >= 0.6 is 24.4 Å². The number of hydrogen-bond acceptors (Lipinski definition) is 8. The third-order valence-electron chi connectivity index (χ3n) is 5.59. The monoisotopic (exact) mass is 507 g/mol. The van der Waals surface area contributed by atoms with Crippen LogP contribution in [-0.2, 0) is 4.74 Å². The lowest BCUT2D eigenvalue weighted by atomic mass is 10.2. The molecule has 34 heavy (non-hydrogen) atoms. The van der Waals surface area contributed by atoms with Gasteiger partial charge in [-0.25, -0.2) is 9.18 Å². The molecule has 0 aliphatic carbocycles. The van der Waals surface area contributed by atoms with Crippen molar-refractivity contribution in [3.63, 3.8) is 0 Å². The Bertz CT molecular complexity index is 1130. The van der Waals surface area contributed by atoms with Gasteiger partial charge in [-0.2, -0.15) is 0 Å². The number of benzene rings is 1. The van der Waals surface area contributed by atoms with Crippen LogP contribution in [0.15, 0.2) is 34.7 Å². The molecule has 2 saturated heterocycles. The first kappa shape index (κ1) is 23.8. The zero-order valence-electron chi connectivity index (χ0n) is 18.2. The van der Waals surface area contributed by atoms with Crippen molar-refractivity contribution in [2.24, 2.45) is 0 Å². The van der Waals surface area contributed by atoms with E-state index in [1.807, 2.05) is 9.80 Å². The van der Waals surface area contributed by atoms with E-state index in [2.05, 4.69) is 5.32 Å². The topological polar surface area (TPSA) is 104 Å². The zero-order valence-corrected chi connectivity index (χ0v) is 19.9. The van der Waals surface area contributed by atoms with Crippen molar-refractivity contribution in [1.29, 1.82) is 0 Å². The van der Waals surface area contributed by atoms with Crippen molar-refractivity contribution < 1.29 is 23.3 Å². The maximum Gasteiger partial charge on any atom is 0.433 e. The highest BCUT2D eigenvalue weighted by molar-refractivity contribution is 7.80. The predicted molar refractivity (Wildman–Crippen MR) is 131 cm³/mol. The number of nitrogens with zero attached hydrogens (tertiary/aromatic N) is 4. The highest BCUT2D eigenvalue weighted by atomic mass is 32.1. The van der Waals surface area contributed by atoms with Gasteiger partial charge in [0.25, 0.3) is 0 Å². The van der Waals surface area contributed by atoms with Crippen molar-refractivity contribution in [3.8, 4) is 0 Å². The van der Waals surface area contributed by atoms with E-state index in [4.69, 9.17) is 33.6 Å². The quantitative estimate of drug-likeness (QED) is 0.356. The molecular formula is C21H22FN5O5S2. The summed E-state index contributed by atoms with van der Waals surface area (Å²) in [5.74, 6) is -0.548. The Morgan fingerprint density at radius 3 is 2.59 bits per heavy atom. The number of nitrogens with one attached hydrogen (secondary N) is 1. The molecule has 1 N–H and O–H groups in total. The summed E-state index contributed by atoms with van der Waals surface area (Å²) >= 11 is 10.4. The molecule has 0 bridgehead atoms. The van der Waals surface area contributed by atoms with Crippen molar-refractivity contribution in [2.45, 2.75) is 13.0 Å². The van der Waals surface area contributed by atoms with Gasteiger partial charge in [0.2, 0.25) is 0 Å². The maximum atomic E-state index is 15.0. The molecule has 13 heteroatoms. The average Bonchev–Trinajstić information content (AvgIpc) is 3.44. The van der Waals surface area contributed by atoms with Gasteiger partial charge in [-0.1, -0.05) is 24.4 Å². The molecule has 3 heterocycles. The van der Waals surface area contributed by atoms with Crippen molar-refractivity contribution in [1.82, 2.24) is 10.2 Å². The van der Waals surface area contributed by atoms with Gasteiger partial charge < -0.3 is 24.3 Å². The van der Waals surface area contributed by atoms with Crippen LogP contribution < -0.4 is 15.1 Å². The van der Waals surface area contributed by atoms with Gasteiger partial charge in [-0.05, 0) is 31.2 Å². The molecule has 0 unspecified atom stereocenters. The van der Waals surface area contributed by atoms with E-state index < -0.39 is 16.8 Å². The second-order valence-corrected chi connectivity index (χ2v) is 8.86. The molecule has 0 saturated carbocycles. The van der Waals surface area contributed by atoms with Crippen LogP contribution in [0, 0.1) is 15.9 Å². The number of cyclic esters (lactones) is 1. The Kier molecular flexibility index (Phi) is 6.93. The van der Waals surface area contributed by atoms with Gasteiger partial charge in [0, 0.05) is 26.2 Å². The summed E-state index contributed by atoms with van der Waals surface area (Å²) < 4.78 is 25.5. The Morgan fingerprint density at radius 2 is 1.97 bits per heavy atom. The van der Waals surface area contributed by atoms with Crippen molar-refractivity contribution >= 4 is 57.8 Å². The molecule has 1 aromatic carbocycles. The lowest BCUT2D eigenvalue weighted by molar-refractivity contribution is -0.402. The van der Waals surface area contributed by atoms with Crippen molar-refractivity contribution in [3.05, 3.63) is 52.0 Å². The van der Waals surface area contributed by atoms with Crippen molar-refractivity contribution in [2.75, 3.05) is 49.1 Å². The fraction of sp³-hybridized carbons (Fsp3) is 0.381. The summed E-state index contributed by atoms with van der Waals surface area (Å²) in [7, 11) is 0. The molecule has 1 amide bonds. The molecule has 0 spiro atoms. The minimum atomic E-state index is -0.615. The van der Waals surface area contributed by atoms with E-state index in [9.17, 15) is 19.3 Å². The SMILES string of the molecule is CC(=S)NC[C@H]1CN(c2ccc(N3CCN(C(=S)c4ccc([N+](=O)[O-])o4)CC3)c(F)c2)C(=O)O1. The molecule has 4 rings (SSSR count). The molecule has 10 nitrogen and oxygen atoms in total. The van der Waals surface area contributed by atoms with E-state index in [0.29, 0.717) is 60.6 Å². The highest BCUT2D eigenvalue weighted by Crippen LogP contribution is 2.29. The number of rotatable bonds is 6. The number of furan rings is 1. The van der Waals surface area contributed by atoms with Gasteiger partial charge in [0.1, 0.15) is 21.8 Å². The summed E-state index contributed by atoms with van der Waals surface area (Å²) in [4.78, 5) is 28.6. The summed E-state index contributed by atoms with van der Waals surface area (Å²) in [6, 6.07) is 7.41. The summed E-state index contributed by atoms with van der Waals surface area (Å²) in [5.41, 5.74) is 0.845. The van der Waals surface area contributed by atoms with E-state index in [1.54, 1.807) is 19.1 Å². The van der Waals surface area contributed by atoms with Gasteiger partial charge >= 0.3 is 12.0 Å². The fourth-order valence-electron chi connectivity index (χ4n) is 3.86. The minimum Gasteiger partial charge on any atom is -0.442 e.